The number of anilines is 1. The lowest BCUT2D eigenvalue weighted by atomic mass is 10.1. The summed E-state index contributed by atoms with van der Waals surface area (Å²) >= 11 is 1.15. The van der Waals surface area contributed by atoms with Crippen molar-refractivity contribution in [2.24, 2.45) is 0 Å². The predicted octanol–water partition coefficient (Wildman–Crippen LogP) is 2.33. The quantitative estimate of drug-likeness (QED) is 0.780. The smallest absolute Gasteiger partial charge is 0.286 e. The zero-order valence-corrected chi connectivity index (χ0v) is 16.0. The lowest BCUT2D eigenvalue weighted by molar-refractivity contribution is -0.137. The number of carbonyl (C=O) groups is 2. The van der Waals surface area contributed by atoms with E-state index in [1.54, 1.807) is 31.4 Å². The topological polar surface area (TPSA) is 93.6 Å². The van der Waals surface area contributed by atoms with Crippen LogP contribution < -0.4 is 10.1 Å². The normalized spacial score (nSPS) is 14.0. The van der Waals surface area contributed by atoms with E-state index >= 15 is 0 Å². The molecule has 2 heterocycles. The van der Waals surface area contributed by atoms with Gasteiger partial charge in [0.25, 0.3) is 5.91 Å². The number of methoxy groups -OCH3 is 1. The van der Waals surface area contributed by atoms with Gasteiger partial charge in [-0.1, -0.05) is 11.3 Å². The minimum Gasteiger partial charge on any atom is -0.497 e. The number of benzene rings is 1. The monoisotopic (exact) mass is 390 g/mol. The Hall–Kier alpha value is -2.52. The van der Waals surface area contributed by atoms with Gasteiger partial charge in [-0.15, -0.1) is 10.2 Å². The zero-order valence-electron chi connectivity index (χ0n) is 15.1. The number of hydrogen-bond acceptors (Lipinski definition) is 7. The van der Waals surface area contributed by atoms with Gasteiger partial charge in [-0.2, -0.15) is 0 Å². The van der Waals surface area contributed by atoms with Crippen LogP contribution in [-0.2, 0) is 16.1 Å². The Morgan fingerprint density at radius 1 is 1.15 bits per heavy atom. The first-order valence-electron chi connectivity index (χ1n) is 8.79. The molecule has 144 valence electrons. The van der Waals surface area contributed by atoms with Gasteiger partial charge < -0.3 is 19.7 Å². The molecule has 0 aliphatic carbocycles. The molecule has 1 aromatic carbocycles. The molecule has 1 fully saturated rings. The van der Waals surface area contributed by atoms with Crippen LogP contribution >= 0.6 is 11.3 Å². The Morgan fingerprint density at radius 2 is 1.89 bits per heavy atom. The lowest BCUT2D eigenvalue weighted by Crippen LogP contribution is -2.37. The molecule has 8 nitrogen and oxygen atoms in total. The van der Waals surface area contributed by atoms with Crippen molar-refractivity contribution in [3.63, 3.8) is 0 Å². The Balaban J connectivity index is 1.45. The number of piperidine rings is 1. The largest absolute Gasteiger partial charge is 0.497 e. The SMILES string of the molecule is COc1ccc(NC(=O)c2nnc(COCC(=O)N3CCCCC3)s2)cc1. The van der Waals surface area contributed by atoms with Gasteiger partial charge in [0, 0.05) is 18.8 Å². The maximum atomic E-state index is 12.2. The number of hydrogen-bond donors (Lipinski definition) is 1. The van der Waals surface area contributed by atoms with E-state index < -0.39 is 0 Å². The van der Waals surface area contributed by atoms with Gasteiger partial charge in [0.05, 0.1) is 7.11 Å². The summed E-state index contributed by atoms with van der Waals surface area (Å²) in [6.45, 7) is 1.79. The van der Waals surface area contributed by atoms with E-state index in [4.69, 9.17) is 9.47 Å². The van der Waals surface area contributed by atoms with Crippen molar-refractivity contribution in [2.75, 3.05) is 32.1 Å². The van der Waals surface area contributed by atoms with Crippen molar-refractivity contribution < 1.29 is 19.1 Å². The first kappa shape index (κ1) is 19.2. The Morgan fingerprint density at radius 3 is 2.59 bits per heavy atom. The van der Waals surface area contributed by atoms with E-state index in [1.807, 2.05) is 4.90 Å². The molecular weight excluding hydrogens is 368 g/mol. The maximum Gasteiger partial charge on any atom is 0.286 e. The highest BCUT2D eigenvalue weighted by molar-refractivity contribution is 7.13. The molecule has 2 amide bonds. The van der Waals surface area contributed by atoms with E-state index in [1.165, 1.54) is 6.42 Å². The third-order valence-corrected chi connectivity index (χ3v) is 5.06. The van der Waals surface area contributed by atoms with Crippen LogP contribution in [0.15, 0.2) is 24.3 Å². The van der Waals surface area contributed by atoms with Gasteiger partial charge in [0.1, 0.15) is 24.0 Å². The van der Waals surface area contributed by atoms with Crippen LogP contribution in [0, 0.1) is 0 Å². The third kappa shape index (κ3) is 5.48. The molecule has 2 aromatic rings. The van der Waals surface area contributed by atoms with Gasteiger partial charge >= 0.3 is 0 Å². The molecule has 1 aliphatic heterocycles. The summed E-state index contributed by atoms with van der Waals surface area (Å²) in [5, 5.41) is 11.4. The second-order valence-corrected chi connectivity index (χ2v) is 7.18. The van der Waals surface area contributed by atoms with Crippen LogP contribution in [0.25, 0.3) is 0 Å². The van der Waals surface area contributed by atoms with Gasteiger partial charge in [-0.05, 0) is 43.5 Å². The zero-order chi connectivity index (χ0) is 19.1. The number of nitrogens with one attached hydrogen (secondary N) is 1. The van der Waals surface area contributed by atoms with Crippen molar-refractivity contribution >= 4 is 28.8 Å². The predicted molar refractivity (Wildman–Crippen MR) is 101 cm³/mol. The molecule has 3 rings (SSSR count). The Kier molecular flexibility index (Phi) is 6.72. The fourth-order valence-electron chi connectivity index (χ4n) is 2.72. The van der Waals surface area contributed by atoms with Crippen molar-refractivity contribution in [1.29, 1.82) is 0 Å². The van der Waals surface area contributed by atoms with Crippen molar-refractivity contribution in [2.45, 2.75) is 25.9 Å². The highest BCUT2D eigenvalue weighted by Crippen LogP contribution is 2.17. The van der Waals surface area contributed by atoms with E-state index in [2.05, 4.69) is 15.5 Å². The number of amides is 2. The summed E-state index contributed by atoms with van der Waals surface area (Å²) in [5.41, 5.74) is 0.640. The first-order valence-corrected chi connectivity index (χ1v) is 9.60. The summed E-state index contributed by atoms with van der Waals surface area (Å²) in [6.07, 6.45) is 3.28. The molecule has 0 bridgehead atoms. The summed E-state index contributed by atoms with van der Waals surface area (Å²) in [6, 6.07) is 7.00. The van der Waals surface area contributed by atoms with Gasteiger partial charge in [0.15, 0.2) is 0 Å². The lowest BCUT2D eigenvalue weighted by Gasteiger charge is -2.26. The molecule has 0 unspecified atom stereocenters. The van der Waals surface area contributed by atoms with E-state index in [9.17, 15) is 9.59 Å². The minimum atomic E-state index is -0.340. The summed E-state index contributed by atoms with van der Waals surface area (Å²) in [7, 11) is 1.58. The standard InChI is InChI=1S/C18H22N4O4S/c1-25-14-7-5-13(6-8-14)19-17(24)18-21-20-15(27-18)11-26-12-16(23)22-9-3-2-4-10-22/h5-8H,2-4,9-12H2,1H3,(H,19,24). The third-order valence-electron chi connectivity index (χ3n) is 4.17. The molecule has 9 heteroatoms. The second-order valence-electron chi connectivity index (χ2n) is 6.12. The molecule has 1 saturated heterocycles. The van der Waals surface area contributed by atoms with Crippen LogP contribution in [-0.4, -0.2) is 53.7 Å². The van der Waals surface area contributed by atoms with Crippen LogP contribution in [0.4, 0.5) is 5.69 Å². The fraction of sp³-hybridized carbons (Fsp3) is 0.444. The van der Waals surface area contributed by atoms with E-state index in [0.717, 1.165) is 37.3 Å². The highest BCUT2D eigenvalue weighted by atomic mass is 32.1. The number of carbonyl (C=O) groups excluding carboxylic acids is 2. The van der Waals surface area contributed by atoms with E-state index in [0.29, 0.717) is 16.4 Å². The number of ether oxygens (including phenoxy) is 2. The molecular formula is C18H22N4O4S. The van der Waals surface area contributed by atoms with Crippen LogP contribution in [0.2, 0.25) is 0 Å². The molecule has 1 aromatic heterocycles. The van der Waals surface area contributed by atoms with Crippen molar-refractivity contribution in [3.8, 4) is 5.75 Å². The Labute approximate surface area is 161 Å². The highest BCUT2D eigenvalue weighted by Gasteiger charge is 2.17. The molecule has 27 heavy (non-hydrogen) atoms. The van der Waals surface area contributed by atoms with Crippen LogP contribution in [0.3, 0.4) is 0 Å². The number of rotatable bonds is 7. The number of aromatic nitrogens is 2. The maximum absolute atomic E-state index is 12.2. The van der Waals surface area contributed by atoms with Gasteiger partial charge in [-0.3, -0.25) is 9.59 Å². The van der Waals surface area contributed by atoms with Crippen LogP contribution in [0.1, 0.15) is 34.1 Å². The molecule has 1 N–H and O–H groups in total. The van der Waals surface area contributed by atoms with Gasteiger partial charge in [-0.25, -0.2) is 0 Å². The first-order chi connectivity index (χ1) is 13.2. The molecule has 1 aliphatic rings. The molecule has 0 atom stereocenters. The van der Waals surface area contributed by atoms with Gasteiger partial charge in [0.2, 0.25) is 10.9 Å². The minimum absolute atomic E-state index is 0.00307. The molecule has 0 radical (unpaired) electrons. The number of nitrogens with zero attached hydrogens (tertiary/aromatic N) is 3. The second kappa shape index (κ2) is 9.43. The summed E-state index contributed by atoms with van der Waals surface area (Å²) in [5.74, 6) is 0.368. The van der Waals surface area contributed by atoms with Crippen molar-refractivity contribution in [3.05, 3.63) is 34.3 Å². The number of likely N-dealkylation sites (tertiary alicyclic amines) is 1. The molecule has 0 spiro atoms. The molecule has 0 saturated carbocycles. The average Bonchev–Trinajstić information content (AvgIpc) is 3.18. The summed E-state index contributed by atoms with van der Waals surface area (Å²) in [4.78, 5) is 26.1. The fourth-order valence-corrected chi connectivity index (χ4v) is 3.40. The van der Waals surface area contributed by atoms with Crippen LogP contribution in [0.5, 0.6) is 5.75 Å². The van der Waals surface area contributed by atoms with E-state index in [-0.39, 0.29) is 30.0 Å². The Bertz CT molecular complexity index is 772. The summed E-state index contributed by atoms with van der Waals surface area (Å²) < 4.78 is 10.5. The average molecular weight is 390 g/mol. The van der Waals surface area contributed by atoms with Crippen molar-refractivity contribution in [1.82, 2.24) is 15.1 Å².